The highest BCUT2D eigenvalue weighted by molar-refractivity contribution is 5.15. The summed E-state index contributed by atoms with van der Waals surface area (Å²) in [5.41, 5.74) is 1.40. The molecule has 0 amide bonds. The van der Waals surface area contributed by atoms with E-state index in [4.69, 9.17) is 4.74 Å². The zero-order chi connectivity index (χ0) is 13.9. The van der Waals surface area contributed by atoms with Crippen molar-refractivity contribution in [2.24, 2.45) is 0 Å². The van der Waals surface area contributed by atoms with Gasteiger partial charge in [0, 0.05) is 19.1 Å². The Bertz CT molecular complexity index is 314. The van der Waals surface area contributed by atoms with Crippen LogP contribution < -0.4 is 5.32 Å². The third-order valence-electron chi connectivity index (χ3n) is 3.18. The van der Waals surface area contributed by atoms with Gasteiger partial charge in [-0.3, -0.25) is 0 Å². The van der Waals surface area contributed by atoms with E-state index < -0.39 is 0 Å². The monoisotopic (exact) mass is 264 g/mol. The summed E-state index contributed by atoms with van der Waals surface area (Å²) in [6.45, 7) is 5.75. The van der Waals surface area contributed by atoms with Crippen LogP contribution in [0.5, 0.6) is 0 Å². The van der Waals surface area contributed by atoms with Crippen molar-refractivity contribution in [3.05, 3.63) is 35.9 Å². The second-order valence-electron chi connectivity index (χ2n) is 5.16. The summed E-state index contributed by atoms with van der Waals surface area (Å²) in [6, 6.07) is 11.2. The summed E-state index contributed by atoms with van der Waals surface area (Å²) in [4.78, 5) is 2.14. The first-order valence-electron chi connectivity index (χ1n) is 7.22. The minimum atomic E-state index is 0.542. The van der Waals surface area contributed by atoms with Gasteiger partial charge < -0.3 is 15.0 Å². The second kappa shape index (κ2) is 9.96. The minimum absolute atomic E-state index is 0.542. The Morgan fingerprint density at radius 3 is 2.53 bits per heavy atom. The third kappa shape index (κ3) is 7.98. The molecule has 1 N–H and O–H groups in total. The highest BCUT2D eigenvalue weighted by Gasteiger charge is 2.05. The van der Waals surface area contributed by atoms with Crippen molar-refractivity contribution in [2.75, 3.05) is 40.4 Å². The maximum atomic E-state index is 5.59. The fourth-order valence-electron chi connectivity index (χ4n) is 1.94. The fourth-order valence-corrected chi connectivity index (χ4v) is 1.94. The third-order valence-corrected chi connectivity index (χ3v) is 3.18. The molecule has 0 heterocycles. The Kier molecular flexibility index (Phi) is 8.47. The lowest BCUT2D eigenvalue weighted by molar-refractivity contribution is 0.117. The SMILES string of the molecule is CCC(Cc1ccccc1)NCCOCCN(C)C. The van der Waals surface area contributed by atoms with Crippen LogP contribution in [0.1, 0.15) is 18.9 Å². The van der Waals surface area contributed by atoms with Gasteiger partial charge in [-0.05, 0) is 32.5 Å². The summed E-state index contributed by atoms with van der Waals surface area (Å²) in [6.07, 6.45) is 2.24. The van der Waals surface area contributed by atoms with Gasteiger partial charge in [-0.2, -0.15) is 0 Å². The van der Waals surface area contributed by atoms with E-state index in [1.165, 1.54) is 5.56 Å². The molecule has 0 saturated carbocycles. The molecular weight excluding hydrogens is 236 g/mol. The molecule has 0 fully saturated rings. The number of hydrogen-bond donors (Lipinski definition) is 1. The van der Waals surface area contributed by atoms with Crippen LogP contribution in [-0.2, 0) is 11.2 Å². The highest BCUT2D eigenvalue weighted by atomic mass is 16.5. The average molecular weight is 264 g/mol. The lowest BCUT2D eigenvalue weighted by Crippen LogP contribution is -2.33. The highest BCUT2D eigenvalue weighted by Crippen LogP contribution is 2.05. The van der Waals surface area contributed by atoms with Crippen LogP contribution in [0.25, 0.3) is 0 Å². The molecule has 0 saturated heterocycles. The number of likely N-dealkylation sites (N-methyl/N-ethyl adjacent to an activating group) is 1. The van der Waals surface area contributed by atoms with Crippen molar-refractivity contribution in [3.63, 3.8) is 0 Å². The maximum absolute atomic E-state index is 5.59. The average Bonchev–Trinajstić information content (AvgIpc) is 2.42. The molecule has 0 radical (unpaired) electrons. The second-order valence-corrected chi connectivity index (χ2v) is 5.16. The van der Waals surface area contributed by atoms with Crippen molar-refractivity contribution in [1.82, 2.24) is 10.2 Å². The molecule has 1 rings (SSSR count). The zero-order valence-corrected chi connectivity index (χ0v) is 12.6. The van der Waals surface area contributed by atoms with Crippen molar-refractivity contribution in [3.8, 4) is 0 Å². The molecule has 1 atom stereocenters. The first-order chi connectivity index (χ1) is 9.22. The summed E-state index contributed by atoms with van der Waals surface area (Å²) >= 11 is 0. The van der Waals surface area contributed by atoms with E-state index in [2.05, 4.69) is 61.6 Å². The molecule has 0 spiro atoms. The lowest BCUT2D eigenvalue weighted by atomic mass is 10.0. The predicted molar refractivity (Wildman–Crippen MR) is 81.6 cm³/mol. The van der Waals surface area contributed by atoms with Crippen molar-refractivity contribution < 1.29 is 4.74 Å². The van der Waals surface area contributed by atoms with Gasteiger partial charge in [-0.25, -0.2) is 0 Å². The van der Waals surface area contributed by atoms with Gasteiger partial charge in [0.15, 0.2) is 0 Å². The molecule has 0 aromatic heterocycles. The van der Waals surface area contributed by atoms with Gasteiger partial charge in [-0.1, -0.05) is 37.3 Å². The van der Waals surface area contributed by atoms with E-state index in [-0.39, 0.29) is 0 Å². The van der Waals surface area contributed by atoms with E-state index in [1.54, 1.807) is 0 Å². The molecule has 3 nitrogen and oxygen atoms in total. The van der Waals surface area contributed by atoms with E-state index in [9.17, 15) is 0 Å². The molecule has 0 aliphatic rings. The smallest absolute Gasteiger partial charge is 0.0593 e. The van der Waals surface area contributed by atoms with Crippen LogP contribution in [0.2, 0.25) is 0 Å². The van der Waals surface area contributed by atoms with Crippen LogP contribution >= 0.6 is 0 Å². The summed E-state index contributed by atoms with van der Waals surface area (Å²) in [5.74, 6) is 0. The van der Waals surface area contributed by atoms with E-state index in [0.29, 0.717) is 6.04 Å². The lowest BCUT2D eigenvalue weighted by Gasteiger charge is -2.17. The van der Waals surface area contributed by atoms with Gasteiger partial charge in [-0.15, -0.1) is 0 Å². The molecule has 0 aliphatic carbocycles. The summed E-state index contributed by atoms with van der Waals surface area (Å²) in [7, 11) is 4.13. The quantitative estimate of drug-likeness (QED) is 0.656. The predicted octanol–water partition coefficient (Wildman–Crippen LogP) is 2.18. The number of benzene rings is 1. The Morgan fingerprint density at radius 2 is 1.89 bits per heavy atom. The molecule has 1 aromatic rings. The first-order valence-corrected chi connectivity index (χ1v) is 7.22. The number of nitrogens with zero attached hydrogens (tertiary/aromatic N) is 1. The van der Waals surface area contributed by atoms with Gasteiger partial charge in [0.1, 0.15) is 0 Å². The van der Waals surface area contributed by atoms with E-state index in [0.717, 1.165) is 39.1 Å². The fraction of sp³-hybridized carbons (Fsp3) is 0.625. The molecule has 108 valence electrons. The Labute approximate surface area is 118 Å². The molecule has 3 heteroatoms. The Balaban J connectivity index is 2.12. The number of hydrogen-bond acceptors (Lipinski definition) is 3. The van der Waals surface area contributed by atoms with Crippen molar-refractivity contribution in [2.45, 2.75) is 25.8 Å². The van der Waals surface area contributed by atoms with Gasteiger partial charge in [0.25, 0.3) is 0 Å². The van der Waals surface area contributed by atoms with Crippen LogP contribution in [0.15, 0.2) is 30.3 Å². The molecule has 19 heavy (non-hydrogen) atoms. The minimum Gasteiger partial charge on any atom is -0.379 e. The van der Waals surface area contributed by atoms with Crippen molar-refractivity contribution in [1.29, 1.82) is 0 Å². The molecule has 1 unspecified atom stereocenters. The van der Waals surface area contributed by atoms with Crippen LogP contribution in [0.3, 0.4) is 0 Å². The maximum Gasteiger partial charge on any atom is 0.0593 e. The van der Waals surface area contributed by atoms with Crippen LogP contribution in [0, 0.1) is 0 Å². The van der Waals surface area contributed by atoms with Gasteiger partial charge in [0.05, 0.1) is 13.2 Å². The van der Waals surface area contributed by atoms with Crippen molar-refractivity contribution >= 4 is 0 Å². The summed E-state index contributed by atoms with van der Waals surface area (Å²) < 4.78 is 5.59. The largest absolute Gasteiger partial charge is 0.379 e. The number of rotatable bonds is 10. The number of ether oxygens (including phenoxy) is 1. The summed E-state index contributed by atoms with van der Waals surface area (Å²) in [5, 5.41) is 3.57. The normalized spacial score (nSPS) is 12.8. The topological polar surface area (TPSA) is 24.5 Å². The molecule has 1 aromatic carbocycles. The molecule has 0 aliphatic heterocycles. The molecule has 0 bridgehead atoms. The van der Waals surface area contributed by atoms with Gasteiger partial charge in [0.2, 0.25) is 0 Å². The zero-order valence-electron chi connectivity index (χ0n) is 12.6. The number of nitrogens with one attached hydrogen (secondary N) is 1. The molecular formula is C16H28N2O. The van der Waals surface area contributed by atoms with Crippen LogP contribution in [-0.4, -0.2) is 51.3 Å². The van der Waals surface area contributed by atoms with E-state index >= 15 is 0 Å². The Morgan fingerprint density at radius 1 is 1.16 bits per heavy atom. The van der Waals surface area contributed by atoms with Crippen LogP contribution in [0.4, 0.5) is 0 Å². The standard InChI is InChI=1S/C16H28N2O/c1-4-16(14-15-8-6-5-7-9-15)17-10-12-19-13-11-18(2)3/h5-9,16-17H,4,10-14H2,1-3H3. The first kappa shape index (κ1) is 16.2. The van der Waals surface area contributed by atoms with Gasteiger partial charge >= 0.3 is 0 Å². The van der Waals surface area contributed by atoms with E-state index in [1.807, 2.05) is 0 Å². The Hall–Kier alpha value is -0.900.